The minimum absolute atomic E-state index is 0.00934. The third-order valence-corrected chi connectivity index (χ3v) is 5.87. The minimum Gasteiger partial charge on any atom is -0.477 e. The van der Waals surface area contributed by atoms with Gasteiger partial charge in [0.15, 0.2) is 6.10 Å². The first-order chi connectivity index (χ1) is 13.9. The molecular formula is C20H24N4O5. The number of nitrogens with zero attached hydrogens (tertiary/aromatic N) is 2. The summed E-state index contributed by atoms with van der Waals surface area (Å²) in [7, 11) is 1.51. The minimum atomic E-state index is -0.822. The molecule has 9 nitrogen and oxygen atoms in total. The van der Waals surface area contributed by atoms with Crippen molar-refractivity contribution in [3.8, 4) is 5.75 Å². The maximum atomic E-state index is 13.0. The molecule has 3 aliphatic rings. The topological polar surface area (TPSA) is 108 Å². The maximum absolute atomic E-state index is 13.0. The predicted octanol–water partition coefficient (Wildman–Crippen LogP) is 0.781. The highest BCUT2D eigenvalue weighted by Crippen LogP contribution is 2.36. The monoisotopic (exact) mass is 400 g/mol. The molecule has 1 aromatic rings. The van der Waals surface area contributed by atoms with Crippen LogP contribution in [-0.4, -0.2) is 60.4 Å². The van der Waals surface area contributed by atoms with Gasteiger partial charge in [0.1, 0.15) is 11.3 Å². The Morgan fingerprint density at radius 2 is 1.97 bits per heavy atom. The van der Waals surface area contributed by atoms with E-state index in [1.807, 2.05) is 0 Å². The summed E-state index contributed by atoms with van der Waals surface area (Å²) in [5.74, 6) is -0.392. The largest absolute Gasteiger partial charge is 0.477 e. The van der Waals surface area contributed by atoms with E-state index < -0.39 is 17.7 Å². The van der Waals surface area contributed by atoms with E-state index in [2.05, 4.69) is 10.6 Å². The zero-order valence-corrected chi connectivity index (χ0v) is 16.3. The van der Waals surface area contributed by atoms with Crippen LogP contribution in [0.15, 0.2) is 24.3 Å². The molecule has 1 saturated carbocycles. The Hall–Kier alpha value is -3.10. The molecule has 4 rings (SSSR count). The van der Waals surface area contributed by atoms with Crippen molar-refractivity contribution in [2.45, 2.75) is 43.7 Å². The van der Waals surface area contributed by atoms with Crippen molar-refractivity contribution in [2.75, 3.05) is 25.0 Å². The van der Waals surface area contributed by atoms with Crippen LogP contribution in [-0.2, 0) is 14.4 Å². The van der Waals surface area contributed by atoms with Gasteiger partial charge in [0, 0.05) is 20.0 Å². The average molecular weight is 400 g/mol. The number of hydrogen-bond donors (Lipinski definition) is 2. The predicted molar refractivity (Wildman–Crippen MR) is 103 cm³/mol. The standard InChI is InChI=1S/C20H24N4O5/c1-21-17(26)15-12-24(13-6-2-3-7-14(13)29-15)16(25)8-11-23-18(27)20(22-19(23)28)9-4-5-10-20/h2-3,6-7,15H,4-5,8-12H2,1H3,(H,21,26)(H,22,28)/t15-/m1/s1. The van der Waals surface area contributed by atoms with Crippen molar-refractivity contribution in [1.29, 1.82) is 0 Å². The highest BCUT2D eigenvalue weighted by Gasteiger charge is 2.52. The summed E-state index contributed by atoms with van der Waals surface area (Å²) in [5, 5.41) is 5.35. The number of benzene rings is 1. The molecule has 0 bridgehead atoms. The number of likely N-dealkylation sites (N-methyl/N-ethyl adjacent to an activating group) is 1. The molecule has 1 spiro atoms. The Morgan fingerprint density at radius 1 is 1.24 bits per heavy atom. The summed E-state index contributed by atoms with van der Waals surface area (Å²) in [4.78, 5) is 52.7. The number of ether oxygens (including phenoxy) is 1. The highest BCUT2D eigenvalue weighted by molar-refractivity contribution is 6.07. The molecule has 0 radical (unpaired) electrons. The number of carbonyl (C=O) groups is 4. The summed E-state index contributed by atoms with van der Waals surface area (Å²) >= 11 is 0. The lowest BCUT2D eigenvalue weighted by molar-refractivity contribution is -0.131. The molecule has 1 aromatic carbocycles. The van der Waals surface area contributed by atoms with Gasteiger partial charge in [0.2, 0.25) is 5.91 Å². The van der Waals surface area contributed by atoms with Crippen LogP contribution >= 0.6 is 0 Å². The molecule has 2 N–H and O–H groups in total. The molecule has 9 heteroatoms. The molecule has 154 valence electrons. The Balaban J connectivity index is 1.47. The Bertz CT molecular complexity index is 864. The molecule has 29 heavy (non-hydrogen) atoms. The highest BCUT2D eigenvalue weighted by atomic mass is 16.5. The molecular weight excluding hydrogens is 376 g/mol. The van der Waals surface area contributed by atoms with Gasteiger partial charge in [-0.3, -0.25) is 19.3 Å². The molecule has 1 saturated heterocycles. The second-order valence-electron chi connectivity index (χ2n) is 7.62. The molecule has 5 amide bonds. The third kappa shape index (κ3) is 3.30. The van der Waals surface area contributed by atoms with Gasteiger partial charge in [-0.2, -0.15) is 0 Å². The van der Waals surface area contributed by atoms with Crippen LogP contribution in [0.5, 0.6) is 5.75 Å². The molecule has 2 aliphatic heterocycles. The van der Waals surface area contributed by atoms with E-state index in [1.165, 1.54) is 11.9 Å². The first kappa shape index (κ1) is 19.2. The van der Waals surface area contributed by atoms with E-state index in [-0.39, 0.29) is 37.2 Å². The Kier molecular flexibility index (Phi) is 4.89. The number of urea groups is 1. The van der Waals surface area contributed by atoms with Crippen LogP contribution in [0.2, 0.25) is 0 Å². The number of fused-ring (bicyclic) bond motifs is 1. The van der Waals surface area contributed by atoms with Crippen LogP contribution in [0.25, 0.3) is 0 Å². The van der Waals surface area contributed by atoms with Crippen LogP contribution in [0, 0.1) is 0 Å². The fourth-order valence-corrected chi connectivity index (χ4v) is 4.31. The normalized spacial score (nSPS) is 22.3. The van der Waals surface area contributed by atoms with Crippen LogP contribution in [0.4, 0.5) is 10.5 Å². The van der Waals surface area contributed by atoms with Gasteiger partial charge in [-0.1, -0.05) is 25.0 Å². The SMILES string of the molecule is CNC(=O)[C@H]1CN(C(=O)CCN2C(=O)NC3(CCCC3)C2=O)c2ccccc2O1. The van der Waals surface area contributed by atoms with E-state index in [1.54, 1.807) is 24.3 Å². The average Bonchev–Trinajstić information content (AvgIpc) is 3.29. The number of amides is 5. The van der Waals surface area contributed by atoms with E-state index in [4.69, 9.17) is 4.74 Å². The van der Waals surface area contributed by atoms with Gasteiger partial charge in [-0.25, -0.2) is 4.79 Å². The smallest absolute Gasteiger partial charge is 0.325 e. The Morgan fingerprint density at radius 3 is 2.69 bits per heavy atom. The van der Waals surface area contributed by atoms with E-state index in [9.17, 15) is 19.2 Å². The molecule has 2 fully saturated rings. The van der Waals surface area contributed by atoms with Gasteiger partial charge in [0.25, 0.3) is 11.8 Å². The summed E-state index contributed by atoms with van der Waals surface area (Å²) in [6, 6.07) is 6.56. The van der Waals surface area contributed by atoms with Gasteiger partial charge in [-0.15, -0.1) is 0 Å². The third-order valence-electron chi connectivity index (χ3n) is 5.87. The van der Waals surface area contributed by atoms with Gasteiger partial charge in [-0.05, 0) is 25.0 Å². The Labute approximate surface area is 168 Å². The lowest BCUT2D eigenvalue weighted by Gasteiger charge is -2.34. The number of rotatable bonds is 4. The van der Waals surface area contributed by atoms with Crippen molar-refractivity contribution in [2.24, 2.45) is 0 Å². The lowest BCUT2D eigenvalue weighted by atomic mass is 9.98. The summed E-state index contributed by atoms with van der Waals surface area (Å²) < 4.78 is 5.71. The van der Waals surface area contributed by atoms with Gasteiger partial charge >= 0.3 is 6.03 Å². The first-order valence-corrected chi connectivity index (χ1v) is 9.87. The molecule has 0 unspecified atom stereocenters. The molecule has 1 atom stereocenters. The quantitative estimate of drug-likeness (QED) is 0.727. The van der Waals surface area contributed by atoms with Crippen LogP contribution in [0.1, 0.15) is 32.1 Å². The van der Waals surface area contributed by atoms with E-state index >= 15 is 0 Å². The van der Waals surface area contributed by atoms with Crippen molar-refractivity contribution in [1.82, 2.24) is 15.5 Å². The maximum Gasteiger partial charge on any atom is 0.325 e. The zero-order valence-electron chi connectivity index (χ0n) is 16.3. The summed E-state index contributed by atoms with van der Waals surface area (Å²) in [6.45, 7) is 0.0784. The van der Waals surface area contributed by atoms with E-state index in [0.717, 1.165) is 17.7 Å². The number of imide groups is 1. The van der Waals surface area contributed by atoms with Crippen LogP contribution < -0.4 is 20.3 Å². The van der Waals surface area contributed by atoms with Crippen molar-refractivity contribution >= 4 is 29.4 Å². The number of carbonyl (C=O) groups excluding carboxylic acids is 4. The fourth-order valence-electron chi connectivity index (χ4n) is 4.31. The lowest BCUT2D eigenvalue weighted by Crippen LogP contribution is -2.50. The van der Waals surface area contributed by atoms with E-state index in [0.29, 0.717) is 24.3 Å². The van der Waals surface area contributed by atoms with Gasteiger partial charge < -0.3 is 20.3 Å². The molecule has 2 heterocycles. The van der Waals surface area contributed by atoms with Gasteiger partial charge in [0.05, 0.1) is 12.2 Å². The zero-order chi connectivity index (χ0) is 20.6. The number of anilines is 1. The first-order valence-electron chi connectivity index (χ1n) is 9.87. The summed E-state index contributed by atoms with van der Waals surface area (Å²) in [5.41, 5.74) is -0.210. The van der Waals surface area contributed by atoms with Crippen molar-refractivity contribution < 1.29 is 23.9 Å². The number of para-hydroxylation sites is 2. The second kappa shape index (κ2) is 7.38. The number of hydrogen-bond acceptors (Lipinski definition) is 5. The molecule has 0 aromatic heterocycles. The van der Waals surface area contributed by atoms with Crippen molar-refractivity contribution in [3.63, 3.8) is 0 Å². The summed E-state index contributed by atoms with van der Waals surface area (Å²) in [6.07, 6.45) is 2.26. The van der Waals surface area contributed by atoms with Crippen molar-refractivity contribution in [3.05, 3.63) is 24.3 Å². The van der Waals surface area contributed by atoms with Crippen LogP contribution in [0.3, 0.4) is 0 Å². The number of nitrogens with one attached hydrogen (secondary N) is 2. The fraction of sp³-hybridized carbons (Fsp3) is 0.500. The molecule has 1 aliphatic carbocycles. The second-order valence-corrected chi connectivity index (χ2v) is 7.62.